The van der Waals surface area contributed by atoms with Crippen molar-refractivity contribution < 1.29 is 4.42 Å². The van der Waals surface area contributed by atoms with Gasteiger partial charge < -0.3 is 4.42 Å². The average molecular weight is 639 g/mol. The number of fused-ring (bicyclic) bond motifs is 7. The highest BCUT2D eigenvalue weighted by molar-refractivity contribution is 7.26. The van der Waals surface area contributed by atoms with Crippen molar-refractivity contribution in [3.63, 3.8) is 0 Å². The van der Waals surface area contributed by atoms with Crippen molar-refractivity contribution in [3.8, 4) is 44.7 Å². The Morgan fingerprint density at radius 3 is 1.87 bits per heavy atom. The number of thiophene rings is 1. The molecular formula is C40H22N4OS2. The molecule has 0 saturated carbocycles. The summed E-state index contributed by atoms with van der Waals surface area (Å²) in [6, 6.07) is 45.6. The minimum Gasteiger partial charge on any atom is -0.456 e. The predicted octanol–water partition coefficient (Wildman–Crippen LogP) is 11.4. The molecule has 0 N–H and O–H groups in total. The Morgan fingerprint density at radius 2 is 1.04 bits per heavy atom. The summed E-state index contributed by atoms with van der Waals surface area (Å²) in [5, 5.41) is 5.37. The molecule has 0 aliphatic heterocycles. The van der Waals surface area contributed by atoms with Crippen LogP contribution in [0, 0.1) is 0 Å². The number of nitrogens with zero attached hydrogens (tertiary/aromatic N) is 4. The topological polar surface area (TPSA) is 64.7 Å². The van der Waals surface area contributed by atoms with Gasteiger partial charge in [0.2, 0.25) is 0 Å². The number of rotatable bonds is 4. The lowest BCUT2D eigenvalue weighted by atomic mass is 10.0. The smallest absolute Gasteiger partial charge is 0.165 e. The SMILES string of the molecule is c1ccc(-c2nc(-c3cccc4c3sc3ccccc34)nc(-c3cccc4oc5cccc(-c6nc7ccccc7s6)c5c34)n2)cc1. The number of thiazole rings is 1. The van der Waals surface area contributed by atoms with Crippen LogP contribution < -0.4 is 0 Å². The average Bonchev–Trinajstić information content (AvgIpc) is 3.85. The van der Waals surface area contributed by atoms with Crippen molar-refractivity contribution in [2.75, 3.05) is 0 Å². The molecule has 220 valence electrons. The van der Waals surface area contributed by atoms with E-state index in [4.69, 9.17) is 24.4 Å². The molecule has 0 atom stereocenters. The molecule has 0 radical (unpaired) electrons. The molecule has 10 aromatic rings. The van der Waals surface area contributed by atoms with Gasteiger partial charge in [0, 0.05) is 53.2 Å². The van der Waals surface area contributed by atoms with Crippen molar-refractivity contribution in [1.29, 1.82) is 0 Å². The molecule has 0 amide bonds. The van der Waals surface area contributed by atoms with Crippen LogP contribution in [0.5, 0.6) is 0 Å². The molecule has 47 heavy (non-hydrogen) atoms. The third kappa shape index (κ3) is 4.21. The van der Waals surface area contributed by atoms with Gasteiger partial charge in [-0.3, -0.25) is 0 Å². The number of hydrogen-bond acceptors (Lipinski definition) is 7. The maximum atomic E-state index is 6.48. The fourth-order valence-electron chi connectivity index (χ4n) is 6.47. The van der Waals surface area contributed by atoms with E-state index < -0.39 is 0 Å². The van der Waals surface area contributed by atoms with Crippen LogP contribution in [-0.4, -0.2) is 19.9 Å². The lowest BCUT2D eigenvalue weighted by Gasteiger charge is -2.10. The molecule has 10 rings (SSSR count). The molecule has 0 aliphatic carbocycles. The summed E-state index contributed by atoms with van der Waals surface area (Å²) in [5.74, 6) is 1.86. The summed E-state index contributed by atoms with van der Waals surface area (Å²) in [5.41, 5.74) is 6.41. The molecule has 5 nitrogen and oxygen atoms in total. The molecule has 4 heterocycles. The lowest BCUT2D eigenvalue weighted by Crippen LogP contribution is -2.00. The first-order chi connectivity index (χ1) is 23.3. The van der Waals surface area contributed by atoms with Crippen LogP contribution in [0.3, 0.4) is 0 Å². The maximum absolute atomic E-state index is 6.48. The van der Waals surface area contributed by atoms with E-state index in [2.05, 4.69) is 72.8 Å². The minimum absolute atomic E-state index is 0.597. The van der Waals surface area contributed by atoms with E-state index in [1.54, 1.807) is 22.7 Å². The lowest BCUT2D eigenvalue weighted by molar-refractivity contribution is 0.669. The first kappa shape index (κ1) is 26.5. The van der Waals surface area contributed by atoms with Crippen LogP contribution in [0.4, 0.5) is 0 Å². The highest BCUT2D eigenvalue weighted by atomic mass is 32.1. The van der Waals surface area contributed by atoms with Gasteiger partial charge in [-0.05, 0) is 36.4 Å². The molecule has 0 aliphatic rings. The van der Waals surface area contributed by atoms with Gasteiger partial charge in [-0.2, -0.15) is 0 Å². The number of aromatic nitrogens is 4. The third-order valence-electron chi connectivity index (χ3n) is 8.60. The van der Waals surface area contributed by atoms with Crippen LogP contribution >= 0.6 is 22.7 Å². The van der Waals surface area contributed by atoms with Crippen molar-refractivity contribution in [3.05, 3.63) is 133 Å². The maximum Gasteiger partial charge on any atom is 0.165 e. The van der Waals surface area contributed by atoms with E-state index >= 15 is 0 Å². The van der Waals surface area contributed by atoms with Crippen molar-refractivity contribution in [2.24, 2.45) is 0 Å². The van der Waals surface area contributed by atoms with Gasteiger partial charge in [-0.1, -0.05) is 97.1 Å². The Hall–Kier alpha value is -5.76. The zero-order valence-electron chi connectivity index (χ0n) is 24.7. The zero-order chi connectivity index (χ0) is 30.9. The molecule has 0 unspecified atom stereocenters. The Labute approximate surface area is 276 Å². The fraction of sp³-hybridized carbons (Fsp3) is 0. The Morgan fingerprint density at radius 1 is 0.426 bits per heavy atom. The van der Waals surface area contributed by atoms with Gasteiger partial charge >= 0.3 is 0 Å². The van der Waals surface area contributed by atoms with Gasteiger partial charge in [0.1, 0.15) is 16.2 Å². The number of benzene rings is 6. The summed E-state index contributed by atoms with van der Waals surface area (Å²) in [4.78, 5) is 20.5. The highest BCUT2D eigenvalue weighted by Crippen LogP contribution is 2.44. The van der Waals surface area contributed by atoms with Gasteiger partial charge in [0.25, 0.3) is 0 Å². The standard InChI is InChI=1S/C40H22N4OS2/c1-2-11-23(12-3-1)37-42-38(44-39(43-37)28-17-8-14-25-24-13-4-6-21-32(24)46-36(25)28)26-15-9-19-30-34(26)35-27(16-10-20-31(35)45-30)40-41-29-18-5-7-22-33(29)47-40/h1-22H. The monoisotopic (exact) mass is 638 g/mol. The summed E-state index contributed by atoms with van der Waals surface area (Å²) in [6.07, 6.45) is 0. The van der Waals surface area contributed by atoms with E-state index in [-0.39, 0.29) is 0 Å². The number of furan rings is 1. The van der Waals surface area contributed by atoms with Gasteiger partial charge in [0.15, 0.2) is 17.5 Å². The molecular weight excluding hydrogens is 617 g/mol. The molecule has 0 bridgehead atoms. The second-order valence-electron chi connectivity index (χ2n) is 11.4. The van der Waals surface area contributed by atoms with Crippen molar-refractivity contribution in [2.45, 2.75) is 0 Å². The second-order valence-corrected chi connectivity index (χ2v) is 13.5. The van der Waals surface area contributed by atoms with Crippen molar-refractivity contribution in [1.82, 2.24) is 19.9 Å². The van der Waals surface area contributed by atoms with E-state index in [0.717, 1.165) is 64.1 Å². The molecule has 4 aromatic heterocycles. The van der Waals surface area contributed by atoms with Crippen LogP contribution in [-0.2, 0) is 0 Å². The number of para-hydroxylation sites is 1. The van der Waals surface area contributed by atoms with Crippen LogP contribution in [0.15, 0.2) is 138 Å². The van der Waals surface area contributed by atoms with E-state index in [9.17, 15) is 0 Å². The quantitative estimate of drug-likeness (QED) is 0.192. The van der Waals surface area contributed by atoms with Gasteiger partial charge in [0.05, 0.1) is 10.2 Å². The van der Waals surface area contributed by atoms with Crippen LogP contribution in [0.2, 0.25) is 0 Å². The van der Waals surface area contributed by atoms with Gasteiger partial charge in [-0.25, -0.2) is 19.9 Å². The zero-order valence-corrected chi connectivity index (χ0v) is 26.3. The summed E-state index contributed by atoms with van der Waals surface area (Å²) >= 11 is 3.46. The Balaban J connectivity index is 1.26. The molecule has 6 aromatic carbocycles. The Bertz CT molecular complexity index is 2780. The second kappa shape index (κ2) is 10.4. The van der Waals surface area contributed by atoms with Crippen LogP contribution in [0.1, 0.15) is 0 Å². The van der Waals surface area contributed by atoms with Gasteiger partial charge in [-0.15, -0.1) is 22.7 Å². The van der Waals surface area contributed by atoms with E-state index in [1.165, 1.54) is 15.5 Å². The molecule has 0 fully saturated rings. The first-order valence-corrected chi connectivity index (χ1v) is 16.9. The molecule has 7 heteroatoms. The first-order valence-electron chi connectivity index (χ1n) is 15.3. The fourth-order valence-corrected chi connectivity index (χ4v) is 8.68. The third-order valence-corrected chi connectivity index (χ3v) is 10.9. The predicted molar refractivity (Wildman–Crippen MR) is 195 cm³/mol. The molecule has 0 spiro atoms. The Kier molecular flexibility index (Phi) is 5.85. The summed E-state index contributed by atoms with van der Waals surface area (Å²) in [7, 11) is 0. The highest BCUT2D eigenvalue weighted by Gasteiger charge is 2.22. The normalized spacial score (nSPS) is 11.8. The summed E-state index contributed by atoms with van der Waals surface area (Å²) in [6.45, 7) is 0. The largest absolute Gasteiger partial charge is 0.456 e. The summed E-state index contributed by atoms with van der Waals surface area (Å²) < 4.78 is 10.0. The van der Waals surface area contributed by atoms with Crippen molar-refractivity contribution >= 4 is 75.0 Å². The van der Waals surface area contributed by atoms with Crippen LogP contribution in [0.25, 0.3) is 97.1 Å². The number of hydrogen-bond donors (Lipinski definition) is 0. The van der Waals surface area contributed by atoms with E-state index in [1.807, 2.05) is 60.7 Å². The minimum atomic E-state index is 0.597. The molecule has 0 saturated heterocycles. The van der Waals surface area contributed by atoms with E-state index in [0.29, 0.717) is 17.5 Å².